The molecule has 1 fully saturated rings. The van der Waals surface area contributed by atoms with Gasteiger partial charge in [-0.15, -0.1) is 0 Å². The van der Waals surface area contributed by atoms with Gasteiger partial charge in [0.1, 0.15) is 0 Å². The van der Waals surface area contributed by atoms with Crippen LogP contribution < -0.4 is 0 Å². The molecule has 0 saturated carbocycles. The Bertz CT molecular complexity index is 939. The zero-order valence-corrected chi connectivity index (χ0v) is 15.4. The predicted octanol–water partition coefficient (Wildman–Crippen LogP) is 4.70. The normalized spacial score (nSPS) is 16.0. The molecule has 3 aromatic rings. The first-order chi connectivity index (χ1) is 12.7. The smallest absolute Gasteiger partial charge is 0.0991 e. The summed E-state index contributed by atoms with van der Waals surface area (Å²) in [6.45, 7) is 5.63. The molecule has 0 amide bonds. The fourth-order valence-corrected chi connectivity index (χ4v) is 4.13. The fraction of sp³-hybridized carbons (Fsp3) is 0.348. The van der Waals surface area contributed by atoms with Crippen molar-refractivity contribution in [1.29, 1.82) is 5.26 Å². The average molecular weight is 343 g/mol. The van der Waals surface area contributed by atoms with Gasteiger partial charge in [-0.25, -0.2) is 0 Å². The third kappa shape index (κ3) is 3.52. The maximum atomic E-state index is 9.07. The van der Waals surface area contributed by atoms with E-state index >= 15 is 0 Å². The molecule has 0 unspecified atom stereocenters. The number of fused-ring (bicyclic) bond motifs is 1. The Balaban J connectivity index is 1.37. The minimum Gasteiger partial charge on any atom is -0.344 e. The molecule has 0 aliphatic carbocycles. The molecule has 0 atom stereocenters. The van der Waals surface area contributed by atoms with Crippen LogP contribution in [0.4, 0.5) is 0 Å². The van der Waals surface area contributed by atoms with Gasteiger partial charge >= 0.3 is 0 Å². The Morgan fingerprint density at radius 2 is 1.92 bits per heavy atom. The molecule has 2 heterocycles. The van der Waals surface area contributed by atoms with Crippen LogP contribution in [0.3, 0.4) is 0 Å². The van der Waals surface area contributed by atoms with E-state index in [1.807, 2.05) is 12.1 Å². The summed E-state index contributed by atoms with van der Waals surface area (Å²) in [5.74, 6) is 0. The highest BCUT2D eigenvalue weighted by Gasteiger charge is 2.21. The van der Waals surface area contributed by atoms with E-state index < -0.39 is 0 Å². The van der Waals surface area contributed by atoms with Crippen molar-refractivity contribution in [3.8, 4) is 6.07 Å². The summed E-state index contributed by atoms with van der Waals surface area (Å²) in [6.07, 6.45) is 5.71. The van der Waals surface area contributed by atoms with Gasteiger partial charge in [-0.05, 0) is 56.0 Å². The van der Waals surface area contributed by atoms with Crippen LogP contribution in [-0.4, -0.2) is 29.1 Å². The van der Waals surface area contributed by atoms with Crippen molar-refractivity contribution in [1.82, 2.24) is 9.47 Å². The van der Waals surface area contributed by atoms with E-state index in [4.69, 9.17) is 5.26 Å². The molecular weight excluding hydrogens is 318 g/mol. The minimum absolute atomic E-state index is 0.565. The van der Waals surface area contributed by atoms with Crippen molar-refractivity contribution in [2.75, 3.05) is 19.6 Å². The van der Waals surface area contributed by atoms with E-state index in [1.165, 1.54) is 34.9 Å². The molecule has 1 aliphatic rings. The number of likely N-dealkylation sites (tertiary alicyclic amines) is 1. The van der Waals surface area contributed by atoms with Crippen molar-refractivity contribution in [2.24, 2.45) is 0 Å². The van der Waals surface area contributed by atoms with E-state index in [9.17, 15) is 0 Å². The van der Waals surface area contributed by atoms with Gasteiger partial charge in [-0.1, -0.05) is 29.8 Å². The van der Waals surface area contributed by atoms with Gasteiger partial charge in [-0.3, -0.25) is 0 Å². The van der Waals surface area contributed by atoms with E-state index in [0.29, 0.717) is 6.04 Å². The highest BCUT2D eigenvalue weighted by molar-refractivity contribution is 5.81. The Kier molecular flexibility index (Phi) is 4.77. The van der Waals surface area contributed by atoms with Crippen LogP contribution in [0.15, 0.2) is 54.7 Å². The average Bonchev–Trinajstić information content (AvgIpc) is 3.10. The minimum atomic E-state index is 0.565. The summed E-state index contributed by atoms with van der Waals surface area (Å²) in [4.78, 5) is 2.60. The SMILES string of the molecule is Cc1cccc(CCN2CCC(n3ccc4cc(C#N)ccc43)CC2)c1. The largest absolute Gasteiger partial charge is 0.344 e. The molecule has 3 nitrogen and oxygen atoms in total. The topological polar surface area (TPSA) is 32.0 Å². The molecule has 0 bridgehead atoms. The molecule has 132 valence electrons. The lowest BCUT2D eigenvalue weighted by atomic mass is 10.0. The van der Waals surface area contributed by atoms with Crippen molar-refractivity contribution >= 4 is 10.9 Å². The molecule has 0 N–H and O–H groups in total. The lowest BCUT2D eigenvalue weighted by Gasteiger charge is -2.33. The van der Waals surface area contributed by atoms with Gasteiger partial charge in [0.05, 0.1) is 11.6 Å². The highest BCUT2D eigenvalue weighted by atomic mass is 15.1. The van der Waals surface area contributed by atoms with Crippen LogP contribution in [-0.2, 0) is 6.42 Å². The summed E-state index contributed by atoms with van der Waals surface area (Å²) in [5.41, 5.74) is 4.78. The quantitative estimate of drug-likeness (QED) is 0.687. The maximum absolute atomic E-state index is 9.07. The number of piperidine rings is 1. The van der Waals surface area contributed by atoms with Gasteiger partial charge in [0.25, 0.3) is 0 Å². The van der Waals surface area contributed by atoms with Crippen molar-refractivity contribution in [3.63, 3.8) is 0 Å². The van der Waals surface area contributed by atoms with Crippen LogP contribution in [0, 0.1) is 18.3 Å². The monoisotopic (exact) mass is 343 g/mol. The zero-order chi connectivity index (χ0) is 17.9. The Morgan fingerprint density at radius 3 is 2.69 bits per heavy atom. The van der Waals surface area contributed by atoms with E-state index in [0.717, 1.165) is 31.6 Å². The van der Waals surface area contributed by atoms with Crippen LogP contribution in [0.1, 0.15) is 35.6 Å². The van der Waals surface area contributed by atoms with E-state index in [2.05, 4.69) is 65.1 Å². The molecular formula is C23H25N3. The number of rotatable bonds is 4. The molecule has 3 heteroatoms. The van der Waals surface area contributed by atoms with Crippen LogP contribution in [0.25, 0.3) is 10.9 Å². The third-order valence-electron chi connectivity index (χ3n) is 5.60. The first-order valence-electron chi connectivity index (χ1n) is 9.51. The molecule has 0 radical (unpaired) electrons. The molecule has 2 aromatic carbocycles. The summed E-state index contributed by atoms with van der Waals surface area (Å²) < 4.78 is 2.41. The summed E-state index contributed by atoms with van der Waals surface area (Å²) in [7, 11) is 0. The van der Waals surface area contributed by atoms with Gasteiger partial charge in [0, 0.05) is 42.8 Å². The fourth-order valence-electron chi connectivity index (χ4n) is 4.13. The molecule has 4 rings (SSSR count). The Hall–Kier alpha value is -2.57. The summed E-state index contributed by atoms with van der Waals surface area (Å²) in [6, 6.07) is 19.8. The van der Waals surface area contributed by atoms with Gasteiger partial charge in [0.2, 0.25) is 0 Å². The molecule has 1 aliphatic heterocycles. The predicted molar refractivity (Wildman–Crippen MR) is 106 cm³/mol. The van der Waals surface area contributed by atoms with Gasteiger partial charge < -0.3 is 9.47 Å². The number of nitriles is 1. The Labute approximate surface area is 155 Å². The third-order valence-corrected chi connectivity index (χ3v) is 5.60. The van der Waals surface area contributed by atoms with Crippen molar-refractivity contribution < 1.29 is 0 Å². The number of aryl methyl sites for hydroxylation is 1. The Morgan fingerprint density at radius 1 is 1.08 bits per heavy atom. The molecule has 0 spiro atoms. The van der Waals surface area contributed by atoms with E-state index in [-0.39, 0.29) is 0 Å². The summed E-state index contributed by atoms with van der Waals surface area (Å²) >= 11 is 0. The van der Waals surface area contributed by atoms with Crippen LogP contribution >= 0.6 is 0 Å². The molecule has 1 saturated heterocycles. The van der Waals surface area contributed by atoms with Crippen LogP contribution in [0.2, 0.25) is 0 Å². The van der Waals surface area contributed by atoms with Crippen molar-refractivity contribution in [3.05, 3.63) is 71.4 Å². The first kappa shape index (κ1) is 16.9. The summed E-state index contributed by atoms with van der Waals surface area (Å²) in [5, 5.41) is 10.2. The number of nitrogens with zero attached hydrogens (tertiary/aromatic N) is 3. The van der Waals surface area contributed by atoms with Gasteiger partial charge in [0.15, 0.2) is 0 Å². The van der Waals surface area contributed by atoms with Crippen molar-refractivity contribution in [2.45, 2.75) is 32.2 Å². The number of hydrogen-bond donors (Lipinski definition) is 0. The molecule has 1 aromatic heterocycles. The lowest BCUT2D eigenvalue weighted by Crippen LogP contribution is -2.35. The first-order valence-corrected chi connectivity index (χ1v) is 9.51. The lowest BCUT2D eigenvalue weighted by molar-refractivity contribution is 0.190. The number of benzene rings is 2. The van der Waals surface area contributed by atoms with Crippen LogP contribution in [0.5, 0.6) is 0 Å². The number of aromatic nitrogens is 1. The van der Waals surface area contributed by atoms with Gasteiger partial charge in [-0.2, -0.15) is 5.26 Å². The zero-order valence-electron chi connectivity index (χ0n) is 15.4. The highest BCUT2D eigenvalue weighted by Crippen LogP contribution is 2.28. The van der Waals surface area contributed by atoms with E-state index in [1.54, 1.807) is 0 Å². The standard InChI is InChI=1S/C23H25N3/c1-18-3-2-4-19(15-18)7-11-25-12-9-22(10-13-25)26-14-8-21-16-20(17-24)5-6-23(21)26/h2-6,8,14-16,22H,7,9-13H2,1H3. The molecule has 26 heavy (non-hydrogen) atoms. The maximum Gasteiger partial charge on any atom is 0.0991 e. The second kappa shape index (κ2) is 7.35. The number of hydrogen-bond acceptors (Lipinski definition) is 2. The second-order valence-electron chi connectivity index (χ2n) is 7.42. The second-order valence-corrected chi connectivity index (χ2v) is 7.42.